The van der Waals surface area contributed by atoms with Gasteiger partial charge in [-0.3, -0.25) is 5.32 Å². The van der Waals surface area contributed by atoms with E-state index in [-0.39, 0.29) is 31.7 Å². The number of urea groups is 1. The van der Waals surface area contributed by atoms with Crippen LogP contribution in [-0.2, 0) is 9.84 Å². The molecule has 1 aliphatic rings. The average molecular weight is 399 g/mol. The number of likely N-dealkylation sites (tertiary alicyclic amines) is 1. The minimum atomic E-state index is -4.39. The van der Waals surface area contributed by atoms with Crippen molar-refractivity contribution >= 4 is 21.7 Å². The van der Waals surface area contributed by atoms with Crippen molar-refractivity contribution in [2.75, 3.05) is 18.4 Å². The smallest absolute Gasteiger partial charge is 0.323 e. The lowest BCUT2D eigenvalue weighted by Crippen LogP contribution is -2.48. The van der Waals surface area contributed by atoms with Gasteiger partial charge in [-0.15, -0.1) is 0 Å². The highest BCUT2D eigenvalue weighted by Gasteiger charge is 2.48. The molecule has 2 heterocycles. The maximum absolute atomic E-state index is 15.4. The van der Waals surface area contributed by atoms with Crippen LogP contribution in [-0.4, -0.2) is 42.6 Å². The van der Waals surface area contributed by atoms with Crippen LogP contribution in [0.1, 0.15) is 19.8 Å². The van der Waals surface area contributed by atoms with E-state index in [1.54, 1.807) is 0 Å². The Morgan fingerprint density at radius 1 is 1.33 bits per heavy atom. The summed E-state index contributed by atoms with van der Waals surface area (Å²) in [5, 5.41) is 3.54. The number of piperidine rings is 1. The third kappa shape index (κ3) is 3.80. The molecule has 1 aromatic carbocycles. The molecule has 0 saturated carbocycles. The molecule has 3 rings (SSSR count). The number of alkyl halides is 1. The highest BCUT2D eigenvalue weighted by Crippen LogP contribution is 2.39. The summed E-state index contributed by atoms with van der Waals surface area (Å²) in [7, 11) is -4.39. The number of benzene rings is 1. The molecule has 1 atom stereocenters. The van der Waals surface area contributed by atoms with E-state index in [1.807, 2.05) is 0 Å². The molecule has 1 aromatic heterocycles. The van der Waals surface area contributed by atoms with Crippen LogP contribution in [0.15, 0.2) is 46.0 Å². The van der Waals surface area contributed by atoms with Crippen molar-refractivity contribution in [1.82, 2.24) is 10.1 Å². The van der Waals surface area contributed by atoms with E-state index in [0.29, 0.717) is 0 Å². The molecular weight excluding hydrogens is 380 g/mol. The Balaban J connectivity index is 1.68. The zero-order valence-electron chi connectivity index (χ0n) is 14.6. The fraction of sp³-hybridized carbons (Fsp3) is 0.412. The standard InChI is InChI=1S/C17H19F2N3O4S/c1-17(19,27(24,25)14-4-2-3-13(18)11-14)12-5-8-22(9-6-12)16(23)20-15-7-10-26-21-15/h2-4,7,10-12H,5-6,8-9H2,1H3,(H,20,21,23)/t17-/m1/s1. The number of hydrogen-bond donors (Lipinski definition) is 1. The maximum Gasteiger partial charge on any atom is 0.323 e. The summed E-state index contributed by atoms with van der Waals surface area (Å²) in [5.41, 5.74) is 0. The molecule has 7 nitrogen and oxygen atoms in total. The van der Waals surface area contributed by atoms with E-state index in [4.69, 9.17) is 0 Å². The number of rotatable bonds is 4. The van der Waals surface area contributed by atoms with Gasteiger partial charge in [0.1, 0.15) is 12.1 Å². The number of carbonyl (C=O) groups is 1. The number of carbonyl (C=O) groups excluding carboxylic acids is 1. The Morgan fingerprint density at radius 3 is 2.63 bits per heavy atom. The quantitative estimate of drug-likeness (QED) is 0.852. The molecule has 146 valence electrons. The molecular formula is C17H19F2N3O4S. The largest absolute Gasteiger partial charge is 0.363 e. The van der Waals surface area contributed by atoms with Crippen molar-refractivity contribution in [3.05, 3.63) is 42.4 Å². The van der Waals surface area contributed by atoms with E-state index in [2.05, 4.69) is 15.0 Å². The summed E-state index contributed by atoms with van der Waals surface area (Å²) in [6.07, 6.45) is 1.63. The number of nitrogens with one attached hydrogen (secondary N) is 1. The molecule has 0 spiro atoms. The molecule has 27 heavy (non-hydrogen) atoms. The molecule has 10 heteroatoms. The fourth-order valence-electron chi connectivity index (χ4n) is 3.15. The fourth-order valence-corrected chi connectivity index (χ4v) is 4.81. The van der Waals surface area contributed by atoms with Crippen molar-refractivity contribution in [3.8, 4) is 0 Å². The van der Waals surface area contributed by atoms with E-state index in [1.165, 1.54) is 29.4 Å². The van der Waals surface area contributed by atoms with E-state index in [0.717, 1.165) is 19.1 Å². The predicted molar refractivity (Wildman–Crippen MR) is 92.9 cm³/mol. The molecule has 0 radical (unpaired) electrons. The number of sulfone groups is 1. The lowest BCUT2D eigenvalue weighted by molar-refractivity contribution is 0.117. The maximum atomic E-state index is 15.4. The van der Waals surface area contributed by atoms with Gasteiger partial charge >= 0.3 is 6.03 Å². The third-order valence-corrected chi connectivity index (χ3v) is 7.07. The van der Waals surface area contributed by atoms with Gasteiger partial charge in [0.25, 0.3) is 0 Å². The Labute approximate surface area is 155 Å². The Kier molecular flexibility index (Phi) is 5.18. The van der Waals surface area contributed by atoms with Crippen LogP contribution < -0.4 is 5.32 Å². The molecule has 0 bridgehead atoms. The van der Waals surface area contributed by atoms with E-state index in [9.17, 15) is 17.6 Å². The van der Waals surface area contributed by atoms with Crippen molar-refractivity contribution in [1.29, 1.82) is 0 Å². The van der Waals surface area contributed by atoms with Gasteiger partial charge in [-0.25, -0.2) is 22.0 Å². The van der Waals surface area contributed by atoms with E-state index >= 15 is 4.39 Å². The van der Waals surface area contributed by atoms with Crippen molar-refractivity contribution in [3.63, 3.8) is 0 Å². The monoisotopic (exact) mass is 399 g/mol. The van der Waals surface area contributed by atoms with Gasteiger partial charge in [0.15, 0.2) is 5.82 Å². The van der Waals surface area contributed by atoms with Crippen LogP contribution in [0.4, 0.5) is 19.4 Å². The summed E-state index contributed by atoms with van der Waals surface area (Å²) >= 11 is 0. The van der Waals surface area contributed by atoms with Crippen LogP contribution in [0.3, 0.4) is 0 Å². The number of nitrogens with zero attached hydrogens (tertiary/aromatic N) is 2. The number of anilines is 1. The van der Waals surface area contributed by atoms with E-state index < -0.39 is 37.5 Å². The normalized spacial score (nSPS) is 18.1. The minimum absolute atomic E-state index is 0.160. The Morgan fingerprint density at radius 2 is 2.04 bits per heavy atom. The lowest BCUT2D eigenvalue weighted by atomic mass is 9.92. The van der Waals surface area contributed by atoms with Gasteiger partial charge in [-0.2, -0.15) is 0 Å². The van der Waals surface area contributed by atoms with Gasteiger partial charge in [0, 0.05) is 25.1 Å². The first kappa shape index (κ1) is 19.3. The number of hydrogen-bond acceptors (Lipinski definition) is 5. The van der Waals surface area contributed by atoms with Gasteiger partial charge < -0.3 is 9.42 Å². The molecule has 0 unspecified atom stereocenters. The van der Waals surface area contributed by atoms with Crippen LogP contribution >= 0.6 is 0 Å². The zero-order chi connectivity index (χ0) is 19.7. The first-order valence-corrected chi connectivity index (χ1v) is 9.85. The molecule has 1 N–H and O–H groups in total. The topological polar surface area (TPSA) is 92.5 Å². The molecule has 0 aliphatic carbocycles. The Hall–Kier alpha value is -2.49. The third-order valence-electron chi connectivity index (χ3n) is 4.82. The number of halogens is 2. The van der Waals surface area contributed by atoms with Gasteiger partial charge in [-0.05, 0) is 38.0 Å². The summed E-state index contributed by atoms with van der Waals surface area (Å²) in [5.74, 6) is -1.31. The van der Waals surface area contributed by atoms with Crippen LogP contribution in [0.5, 0.6) is 0 Å². The summed E-state index contributed by atoms with van der Waals surface area (Å²) in [4.78, 5) is 13.2. The average Bonchev–Trinajstić information content (AvgIpc) is 3.14. The molecule has 2 aromatic rings. The second-order valence-electron chi connectivity index (χ2n) is 6.52. The van der Waals surface area contributed by atoms with Crippen molar-refractivity contribution in [2.45, 2.75) is 29.7 Å². The first-order chi connectivity index (χ1) is 12.7. The number of amides is 2. The summed E-state index contributed by atoms with van der Waals surface area (Å²) in [6.45, 7) is 1.38. The minimum Gasteiger partial charge on any atom is -0.363 e. The second-order valence-corrected chi connectivity index (χ2v) is 8.80. The molecule has 2 amide bonds. The van der Waals surface area contributed by atoms with Gasteiger partial charge in [0.2, 0.25) is 14.8 Å². The van der Waals surface area contributed by atoms with Crippen LogP contribution in [0.25, 0.3) is 0 Å². The molecule has 1 saturated heterocycles. The molecule has 1 aliphatic heterocycles. The number of aromatic nitrogens is 1. The highest BCUT2D eigenvalue weighted by atomic mass is 32.2. The van der Waals surface area contributed by atoms with Crippen LogP contribution in [0, 0.1) is 11.7 Å². The Bertz CT molecular complexity index is 908. The first-order valence-electron chi connectivity index (χ1n) is 8.37. The highest BCUT2D eigenvalue weighted by molar-refractivity contribution is 7.92. The summed E-state index contributed by atoms with van der Waals surface area (Å²) < 4.78 is 58.7. The lowest BCUT2D eigenvalue weighted by Gasteiger charge is -2.37. The molecule has 1 fully saturated rings. The second kappa shape index (κ2) is 7.26. The summed E-state index contributed by atoms with van der Waals surface area (Å²) in [6, 6.07) is 5.38. The SMILES string of the molecule is C[C@](F)(C1CCN(C(=O)Nc2ccon2)CC1)S(=O)(=O)c1cccc(F)c1. The zero-order valence-corrected chi connectivity index (χ0v) is 15.4. The van der Waals surface area contributed by atoms with Gasteiger partial charge in [0.05, 0.1) is 4.90 Å². The van der Waals surface area contributed by atoms with Crippen LogP contribution in [0.2, 0.25) is 0 Å². The van der Waals surface area contributed by atoms with Crippen molar-refractivity contribution in [2.24, 2.45) is 5.92 Å². The predicted octanol–water partition coefficient (Wildman–Crippen LogP) is 3.22. The van der Waals surface area contributed by atoms with Crippen molar-refractivity contribution < 1.29 is 26.5 Å². The van der Waals surface area contributed by atoms with Gasteiger partial charge in [-0.1, -0.05) is 11.2 Å².